The zero-order valence-electron chi connectivity index (χ0n) is 17.7. The lowest BCUT2D eigenvalue weighted by atomic mass is 10.0. The van der Waals surface area contributed by atoms with Gasteiger partial charge in [0.05, 0.1) is 6.54 Å². The molecule has 1 aromatic carbocycles. The molecule has 3 rings (SSSR count). The molecule has 0 spiro atoms. The monoisotopic (exact) mass is 510 g/mol. The van der Waals surface area contributed by atoms with E-state index >= 15 is 0 Å². The van der Waals surface area contributed by atoms with Gasteiger partial charge in [0.1, 0.15) is 0 Å². The van der Waals surface area contributed by atoms with E-state index in [2.05, 4.69) is 56.8 Å². The van der Waals surface area contributed by atoms with Crippen molar-refractivity contribution in [3.8, 4) is 0 Å². The van der Waals surface area contributed by atoms with Gasteiger partial charge in [0.2, 0.25) is 0 Å². The molecular formula is C22H35IN6. The highest BCUT2D eigenvalue weighted by Crippen LogP contribution is 2.18. The van der Waals surface area contributed by atoms with E-state index in [-0.39, 0.29) is 24.0 Å². The molecule has 1 aliphatic rings. The summed E-state index contributed by atoms with van der Waals surface area (Å²) in [4.78, 5) is 7.00. The zero-order chi connectivity index (χ0) is 19.6. The van der Waals surface area contributed by atoms with Gasteiger partial charge in [-0.15, -0.1) is 24.0 Å². The summed E-state index contributed by atoms with van der Waals surface area (Å²) in [5.74, 6) is 0.863. The van der Waals surface area contributed by atoms with Gasteiger partial charge >= 0.3 is 0 Å². The molecule has 1 aliphatic heterocycles. The highest BCUT2D eigenvalue weighted by molar-refractivity contribution is 14.0. The van der Waals surface area contributed by atoms with Crippen molar-refractivity contribution < 1.29 is 0 Å². The van der Waals surface area contributed by atoms with Crippen LogP contribution in [-0.2, 0) is 13.1 Å². The maximum atomic E-state index is 4.37. The topological polar surface area (TPSA) is 57.5 Å². The molecule has 2 aromatic rings. The van der Waals surface area contributed by atoms with Gasteiger partial charge in [-0.3, -0.25) is 14.6 Å². The molecule has 2 heterocycles. The van der Waals surface area contributed by atoms with Crippen LogP contribution in [-0.4, -0.2) is 53.4 Å². The Morgan fingerprint density at radius 3 is 2.83 bits per heavy atom. The first-order valence-corrected chi connectivity index (χ1v) is 10.5. The first-order chi connectivity index (χ1) is 13.8. The molecule has 1 aromatic heterocycles. The quantitative estimate of drug-likeness (QED) is 0.325. The SMILES string of the molecule is CCC1CCCCN1CCNC(=NC)NCc1cccc(Cn2cccn2)c1.I. The summed E-state index contributed by atoms with van der Waals surface area (Å²) in [6.07, 6.45) is 9.11. The average Bonchev–Trinajstić information content (AvgIpc) is 3.24. The standard InChI is InChI=1S/C22H34N6.HI/c1-3-21-10-4-5-13-27(21)15-12-24-22(23-2)25-17-19-8-6-9-20(16-19)18-28-14-7-11-26-28;/h6-9,11,14,16,21H,3-5,10,12-13,15,17-18H2,1-2H3,(H2,23,24,25);1H. The first kappa shape index (κ1) is 23.7. The second-order valence-electron chi connectivity index (χ2n) is 7.47. The largest absolute Gasteiger partial charge is 0.355 e. The van der Waals surface area contributed by atoms with Gasteiger partial charge in [-0.25, -0.2) is 0 Å². The van der Waals surface area contributed by atoms with Crippen LogP contribution in [0, 0.1) is 0 Å². The molecule has 1 atom stereocenters. The van der Waals surface area contributed by atoms with Gasteiger partial charge in [-0.2, -0.15) is 5.10 Å². The lowest BCUT2D eigenvalue weighted by molar-refractivity contribution is 0.147. The second-order valence-corrected chi connectivity index (χ2v) is 7.47. The molecule has 0 bridgehead atoms. The number of likely N-dealkylation sites (tertiary alicyclic amines) is 1. The Morgan fingerprint density at radius 2 is 2.07 bits per heavy atom. The zero-order valence-corrected chi connectivity index (χ0v) is 20.0. The summed E-state index contributed by atoms with van der Waals surface area (Å²) in [5, 5.41) is 11.2. The molecule has 1 fully saturated rings. The number of aliphatic imine (C=N–C) groups is 1. The number of nitrogens with zero attached hydrogens (tertiary/aromatic N) is 4. The predicted octanol–water partition coefficient (Wildman–Crippen LogP) is 3.48. The highest BCUT2D eigenvalue weighted by atomic mass is 127. The number of aromatic nitrogens is 2. The van der Waals surface area contributed by atoms with Crippen LogP contribution >= 0.6 is 24.0 Å². The van der Waals surface area contributed by atoms with Crippen molar-refractivity contribution in [1.29, 1.82) is 0 Å². The number of nitrogens with one attached hydrogen (secondary N) is 2. The van der Waals surface area contributed by atoms with Crippen molar-refractivity contribution in [2.24, 2.45) is 4.99 Å². The third kappa shape index (κ3) is 7.62. The number of hydrogen-bond donors (Lipinski definition) is 2. The van der Waals surface area contributed by atoms with Gasteiger partial charge in [-0.1, -0.05) is 37.6 Å². The Hall–Kier alpha value is -1.61. The van der Waals surface area contributed by atoms with Crippen LogP contribution in [0.5, 0.6) is 0 Å². The fourth-order valence-corrected chi connectivity index (χ4v) is 3.96. The summed E-state index contributed by atoms with van der Waals surface area (Å²) < 4.78 is 1.94. The van der Waals surface area contributed by atoms with Crippen molar-refractivity contribution in [3.63, 3.8) is 0 Å². The lowest BCUT2D eigenvalue weighted by Crippen LogP contribution is -2.45. The van der Waals surface area contributed by atoms with Crippen LogP contribution in [0.4, 0.5) is 0 Å². The van der Waals surface area contributed by atoms with Crippen molar-refractivity contribution in [1.82, 2.24) is 25.3 Å². The normalized spacial score (nSPS) is 17.6. The molecule has 2 N–H and O–H groups in total. The number of piperidine rings is 1. The van der Waals surface area contributed by atoms with Crippen molar-refractivity contribution in [2.75, 3.05) is 26.7 Å². The van der Waals surface area contributed by atoms with Crippen LogP contribution in [0.1, 0.15) is 43.7 Å². The van der Waals surface area contributed by atoms with Gasteiger partial charge in [0.15, 0.2) is 5.96 Å². The molecule has 29 heavy (non-hydrogen) atoms. The molecule has 1 saturated heterocycles. The minimum absolute atomic E-state index is 0. The molecular weight excluding hydrogens is 475 g/mol. The average molecular weight is 510 g/mol. The molecule has 6 nitrogen and oxygen atoms in total. The number of halogens is 1. The fraction of sp³-hybridized carbons (Fsp3) is 0.545. The summed E-state index contributed by atoms with van der Waals surface area (Å²) in [5.41, 5.74) is 2.50. The van der Waals surface area contributed by atoms with Crippen molar-refractivity contribution in [2.45, 2.75) is 51.7 Å². The van der Waals surface area contributed by atoms with E-state index in [1.807, 2.05) is 30.2 Å². The van der Waals surface area contributed by atoms with Crippen LogP contribution in [0.3, 0.4) is 0 Å². The van der Waals surface area contributed by atoms with E-state index in [0.717, 1.165) is 38.2 Å². The fourth-order valence-electron chi connectivity index (χ4n) is 3.96. The number of hydrogen-bond acceptors (Lipinski definition) is 3. The van der Waals surface area contributed by atoms with Crippen LogP contribution in [0.2, 0.25) is 0 Å². The van der Waals surface area contributed by atoms with E-state index in [0.29, 0.717) is 0 Å². The maximum absolute atomic E-state index is 4.37. The summed E-state index contributed by atoms with van der Waals surface area (Å²) in [6.45, 7) is 7.09. The molecule has 1 unspecified atom stereocenters. The molecule has 160 valence electrons. The van der Waals surface area contributed by atoms with Gasteiger partial charge in [0, 0.05) is 45.1 Å². The van der Waals surface area contributed by atoms with Crippen molar-refractivity contribution in [3.05, 3.63) is 53.9 Å². The minimum Gasteiger partial charge on any atom is -0.355 e. The second kappa shape index (κ2) is 12.8. The van der Waals surface area contributed by atoms with E-state index in [4.69, 9.17) is 0 Å². The van der Waals surface area contributed by atoms with Gasteiger partial charge in [-0.05, 0) is 43.0 Å². The molecule has 0 radical (unpaired) electrons. The van der Waals surface area contributed by atoms with Crippen LogP contribution in [0.25, 0.3) is 0 Å². The Morgan fingerprint density at radius 1 is 1.21 bits per heavy atom. The summed E-state index contributed by atoms with van der Waals surface area (Å²) in [6, 6.07) is 11.3. The Kier molecular flexibility index (Phi) is 10.5. The summed E-state index contributed by atoms with van der Waals surface area (Å²) in [7, 11) is 1.83. The first-order valence-electron chi connectivity index (χ1n) is 10.5. The minimum atomic E-state index is 0. The van der Waals surface area contributed by atoms with Crippen LogP contribution < -0.4 is 10.6 Å². The van der Waals surface area contributed by atoms with E-state index < -0.39 is 0 Å². The molecule has 7 heteroatoms. The van der Waals surface area contributed by atoms with Crippen molar-refractivity contribution >= 4 is 29.9 Å². The maximum Gasteiger partial charge on any atom is 0.191 e. The predicted molar refractivity (Wildman–Crippen MR) is 131 cm³/mol. The number of benzene rings is 1. The number of rotatable bonds is 8. The van der Waals surface area contributed by atoms with E-state index in [1.54, 1.807) is 0 Å². The third-order valence-electron chi connectivity index (χ3n) is 5.49. The molecule has 0 saturated carbocycles. The lowest BCUT2D eigenvalue weighted by Gasteiger charge is -2.35. The van der Waals surface area contributed by atoms with Crippen LogP contribution in [0.15, 0.2) is 47.7 Å². The summed E-state index contributed by atoms with van der Waals surface area (Å²) >= 11 is 0. The van der Waals surface area contributed by atoms with E-state index in [9.17, 15) is 0 Å². The van der Waals surface area contributed by atoms with E-state index in [1.165, 1.54) is 43.4 Å². The Bertz CT molecular complexity index is 731. The van der Waals surface area contributed by atoms with Gasteiger partial charge in [0.25, 0.3) is 0 Å². The molecule has 0 amide bonds. The molecule has 0 aliphatic carbocycles. The number of guanidine groups is 1. The Labute approximate surface area is 192 Å². The third-order valence-corrected chi connectivity index (χ3v) is 5.49. The smallest absolute Gasteiger partial charge is 0.191 e. The highest BCUT2D eigenvalue weighted by Gasteiger charge is 2.19. The van der Waals surface area contributed by atoms with Gasteiger partial charge < -0.3 is 10.6 Å². The Balaban J connectivity index is 0.00000300.